The standard InChI is InChI=1S/C16H32N2PS/c1-15(2,3)11-17-13-9-7-8-10-14(13)18(19(17)20)12-16(4,5)6/h13-14H,7-12H2,1-6H3/q+1/t13-,14?/m1/s1. The van der Waals surface area contributed by atoms with E-state index in [1.54, 1.807) is 0 Å². The Labute approximate surface area is 131 Å². The van der Waals surface area contributed by atoms with Gasteiger partial charge in [0.25, 0.3) is 0 Å². The molecule has 2 aliphatic rings. The smallest absolute Gasteiger partial charge is 0.0983 e. The molecule has 0 spiro atoms. The van der Waals surface area contributed by atoms with Crippen molar-refractivity contribution in [3.8, 4) is 0 Å². The van der Waals surface area contributed by atoms with Gasteiger partial charge in [-0.3, -0.25) is 0 Å². The quantitative estimate of drug-likeness (QED) is 0.677. The third kappa shape index (κ3) is 4.00. The Morgan fingerprint density at radius 1 is 0.850 bits per heavy atom. The van der Waals surface area contributed by atoms with E-state index in [1.165, 1.54) is 25.7 Å². The maximum Gasteiger partial charge on any atom is 0.367 e. The summed E-state index contributed by atoms with van der Waals surface area (Å²) in [7, 11) is 0. The highest BCUT2D eigenvalue weighted by atomic mass is 32.4. The van der Waals surface area contributed by atoms with E-state index in [4.69, 9.17) is 11.8 Å². The summed E-state index contributed by atoms with van der Waals surface area (Å²) in [5.74, 6) is 0. The number of hydrogen-bond donors (Lipinski definition) is 0. The summed E-state index contributed by atoms with van der Waals surface area (Å²) in [4.78, 5) is 0. The fraction of sp³-hybridized carbons (Fsp3) is 1.00. The highest BCUT2D eigenvalue weighted by Gasteiger charge is 2.55. The van der Waals surface area contributed by atoms with Crippen LogP contribution in [-0.2, 0) is 11.8 Å². The fourth-order valence-corrected chi connectivity index (χ4v) is 7.02. The van der Waals surface area contributed by atoms with Gasteiger partial charge < -0.3 is 0 Å². The van der Waals surface area contributed by atoms with Crippen LogP contribution in [0.5, 0.6) is 0 Å². The molecule has 2 rings (SSSR count). The Morgan fingerprint density at radius 2 is 1.20 bits per heavy atom. The summed E-state index contributed by atoms with van der Waals surface area (Å²) in [5.41, 5.74) is 0.693. The molecule has 1 aliphatic heterocycles. The Morgan fingerprint density at radius 3 is 1.50 bits per heavy atom. The van der Waals surface area contributed by atoms with E-state index in [0.717, 1.165) is 25.2 Å². The lowest BCUT2D eigenvalue weighted by atomic mass is 9.87. The van der Waals surface area contributed by atoms with Gasteiger partial charge in [-0.1, -0.05) is 63.7 Å². The molecule has 2 nitrogen and oxygen atoms in total. The van der Waals surface area contributed by atoms with Crippen molar-refractivity contribution in [2.45, 2.75) is 79.3 Å². The molecular formula is C16H32N2PS+. The van der Waals surface area contributed by atoms with Crippen molar-refractivity contribution in [1.82, 2.24) is 9.34 Å². The summed E-state index contributed by atoms with van der Waals surface area (Å²) in [6.45, 7) is 15.9. The number of fused-ring (bicyclic) bond motifs is 1. The molecule has 2 unspecified atom stereocenters. The first-order valence-corrected chi connectivity index (χ1v) is 10.3. The lowest BCUT2D eigenvalue weighted by molar-refractivity contribution is 0.159. The molecule has 0 amide bonds. The third-order valence-electron chi connectivity index (χ3n) is 4.17. The molecule has 1 heterocycles. The van der Waals surface area contributed by atoms with Gasteiger partial charge in [-0.2, -0.15) is 0 Å². The second-order valence-electron chi connectivity index (χ2n) is 8.99. The van der Waals surface area contributed by atoms with E-state index in [-0.39, 0.29) is 0 Å². The van der Waals surface area contributed by atoms with Crippen molar-refractivity contribution in [2.75, 3.05) is 13.1 Å². The van der Waals surface area contributed by atoms with Crippen LogP contribution in [0.25, 0.3) is 0 Å². The Balaban J connectivity index is 2.20. The molecule has 2 fully saturated rings. The SMILES string of the molecule is CC(C)(C)CN1C2CCCC[C@H]2N(CC(C)(C)C)[P+]1=S. The Bertz CT molecular complexity index is 336. The van der Waals surface area contributed by atoms with Crippen molar-refractivity contribution in [3.63, 3.8) is 0 Å². The van der Waals surface area contributed by atoms with Crippen molar-refractivity contribution in [2.24, 2.45) is 10.8 Å². The van der Waals surface area contributed by atoms with Crippen LogP contribution in [0.15, 0.2) is 0 Å². The van der Waals surface area contributed by atoms with Gasteiger partial charge in [-0.15, -0.1) is 0 Å². The molecule has 0 radical (unpaired) electrons. The van der Waals surface area contributed by atoms with Crippen LogP contribution < -0.4 is 0 Å². The average Bonchev–Trinajstić information content (AvgIpc) is 2.52. The van der Waals surface area contributed by atoms with Crippen LogP contribution in [0.2, 0.25) is 0 Å². The number of hydrogen-bond acceptors (Lipinski definition) is 1. The maximum atomic E-state index is 6.01. The zero-order chi connectivity index (χ0) is 15.1. The second-order valence-corrected chi connectivity index (χ2v) is 11.5. The summed E-state index contributed by atoms with van der Waals surface area (Å²) in [5, 5.41) is 0. The topological polar surface area (TPSA) is 6.48 Å². The minimum Gasteiger partial charge on any atom is -0.0983 e. The fourth-order valence-electron chi connectivity index (χ4n) is 3.52. The molecule has 1 saturated heterocycles. The largest absolute Gasteiger partial charge is 0.367 e. The summed E-state index contributed by atoms with van der Waals surface area (Å²) in [6.07, 6.45) is 5.50. The monoisotopic (exact) mass is 315 g/mol. The predicted molar refractivity (Wildman–Crippen MR) is 92.7 cm³/mol. The van der Waals surface area contributed by atoms with Crippen molar-refractivity contribution in [3.05, 3.63) is 0 Å². The number of nitrogens with zero attached hydrogens (tertiary/aromatic N) is 2. The molecule has 0 N–H and O–H groups in total. The Kier molecular flexibility index (Phi) is 4.97. The van der Waals surface area contributed by atoms with E-state index in [1.807, 2.05) is 0 Å². The van der Waals surface area contributed by atoms with Gasteiger partial charge in [-0.05, 0) is 23.7 Å². The van der Waals surface area contributed by atoms with E-state index in [0.29, 0.717) is 10.8 Å². The highest BCUT2D eigenvalue weighted by Crippen LogP contribution is 2.52. The molecular weight excluding hydrogens is 283 g/mol. The van der Waals surface area contributed by atoms with Crippen LogP contribution >= 0.6 is 7.00 Å². The third-order valence-corrected chi connectivity index (χ3v) is 7.19. The first-order chi connectivity index (χ1) is 9.08. The molecule has 20 heavy (non-hydrogen) atoms. The van der Waals surface area contributed by atoms with Gasteiger partial charge in [0.15, 0.2) is 0 Å². The molecule has 1 saturated carbocycles. The van der Waals surface area contributed by atoms with Gasteiger partial charge in [0, 0.05) is 13.1 Å². The van der Waals surface area contributed by atoms with Crippen molar-refractivity contribution < 1.29 is 0 Å². The van der Waals surface area contributed by atoms with Crippen LogP contribution in [0.4, 0.5) is 0 Å². The van der Waals surface area contributed by atoms with Gasteiger partial charge in [0.05, 0.1) is 12.1 Å². The van der Waals surface area contributed by atoms with E-state index >= 15 is 0 Å². The van der Waals surface area contributed by atoms with E-state index in [2.05, 4.69) is 50.9 Å². The zero-order valence-electron chi connectivity index (χ0n) is 14.1. The maximum absolute atomic E-state index is 6.01. The molecule has 0 aromatic carbocycles. The normalized spacial score (nSPS) is 31.6. The summed E-state index contributed by atoms with van der Waals surface area (Å²) < 4.78 is 5.39. The van der Waals surface area contributed by atoms with Crippen LogP contribution in [-0.4, -0.2) is 34.5 Å². The second kappa shape index (κ2) is 5.91. The van der Waals surface area contributed by atoms with Crippen molar-refractivity contribution in [1.29, 1.82) is 0 Å². The predicted octanol–water partition coefficient (Wildman–Crippen LogP) is 4.78. The van der Waals surface area contributed by atoms with E-state index in [9.17, 15) is 0 Å². The average molecular weight is 315 g/mol. The van der Waals surface area contributed by atoms with Gasteiger partial charge >= 0.3 is 7.00 Å². The molecule has 0 aromatic rings. The highest BCUT2D eigenvalue weighted by molar-refractivity contribution is 8.03. The molecule has 3 atom stereocenters. The molecule has 4 heteroatoms. The minimum absolute atomic E-state index is 0.346. The van der Waals surface area contributed by atoms with Crippen LogP contribution in [0, 0.1) is 10.8 Å². The van der Waals surface area contributed by atoms with Crippen LogP contribution in [0.1, 0.15) is 67.2 Å². The van der Waals surface area contributed by atoms with Gasteiger partial charge in [0.2, 0.25) is 11.8 Å². The first kappa shape index (κ1) is 16.8. The van der Waals surface area contributed by atoms with E-state index < -0.39 is 7.00 Å². The zero-order valence-corrected chi connectivity index (χ0v) is 15.9. The van der Waals surface area contributed by atoms with Gasteiger partial charge in [0.1, 0.15) is 0 Å². The van der Waals surface area contributed by atoms with Crippen LogP contribution in [0.3, 0.4) is 0 Å². The minimum atomic E-state index is -0.521. The number of rotatable bonds is 2. The molecule has 116 valence electrons. The molecule has 0 aromatic heterocycles. The lowest BCUT2D eigenvalue weighted by Crippen LogP contribution is -2.43. The van der Waals surface area contributed by atoms with Crippen molar-refractivity contribution >= 4 is 18.8 Å². The lowest BCUT2D eigenvalue weighted by Gasteiger charge is -2.30. The first-order valence-electron chi connectivity index (χ1n) is 8.09. The molecule has 0 bridgehead atoms. The summed E-state index contributed by atoms with van der Waals surface area (Å²) >= 11 is 6.01. The Hall–Kier alpha value is 0.440. The van der Waals surface area contributed by atoms with Gasteiger partial charge in [-0.25, -0.2) is 0 Å². The summed E-state index contributed by atoms with van der Waals surface area (Å²) in [6, 6.07) is 1.46. The molecule has 1 aliphatic carbocycles.